The van der Waals surface area contributed by atoms with Crippen LogP contribution in [-0.2, 0) is 12.8 Å². The first-order valence-electron chi connectivity index (χ1n) is 7.85. The molecule has 0 fully saturated rings. The van der Waals surface area contributed by atoms with Gasteiger partial charge in [0, 0.05) is 34.2 Å². The average Bonchev–Trinajstić information content (AvgIpc) is 3.11. The summed E-state index contributed by atoms with van der Waals surface area (Å²) >= 11 is 0. The van der Waals surface area contributed by atoms with E-state index in [2.05, 4.69) is 72.6 Å². The van der Waals surface area contributed by atoms with E-state index in [-0.39, 0.29) is 0 Å². The molecular formula is C20H20N2. The van der Waals surface area contributed by atoms with Gasteiger partial charge in [0.2, 0.25) is 0 Å². The molecule has 110 valence electrons. The van der Waals surface area contributed by atoms with E-state index in [4.69, 9.17) is 0 Å². The predicted molar refractivity (Wildman–Crippen MR) is 93.5 cm³/mol. The van der Waals surface area contributed by atoms with Crippen molar-refractivity contribution in [3.63, 3.8) is 0 Å². The molecule has 2 heterocycles. The van der Waals surface area contributed by atoms with Gasteiger partial charge in [-0.05, 0) is 48.9 Å². The lowest BCUT2D eigenvalue weighted by Crippen LogP contribution is -1.89. The fourth-order valence-corrected chi connectivity index (χ4v) is 3.41. The van der Waals surface area contributed by atoms with Gasteiger partial charge in [0.05, 0.1) is 0 Å². The molecule has 4 rings (SSSR count). The molecule has 0 aliphatic heterocycles. The third-order valence-electron chi connectivity index (χ3n) is 4.68. The Bertz CT molecular complexity index is 876. The first kappa shape index (κ1) is 13.2. The highest BCUT2D eigenvalue weighted by molar-refractivity contribution is 5.87. The van der Waals surface area contributed by atoms with Crippen LogP contribution in [0.3, 0.4) is 0 Å². The predicted octanol–water partition coefficient (Wildman–Crippen LogP) is 5.05. The monoisotopic (exact) mass is 288 g/mol. The van der Waals surface area contributed by atoms with Crippen LogP contribution in [0, 0.1) is 13.8 Å². The highest BCUT2D eigenvalue weighted by atomic mass is 14.7. The Kier molecular flexibility index (Phi) is 3.04. The molecule has 0 unspecified atom stereocenters. The number of aryl methyl sites for hydroxylation is 4. The molecular weight excluding hydrogens is 268 g/mol. The van der Waals surface area contributed by atoms with E-state index in [1.807, 2.05) is 0 Å². The van der Waals surface area contributed by atoms with E-state index >= 15 is 0 Å². The van der Waals surface area contributed by atoms with Gasteiger partial charge in [-0.3, -0.25) is 0 Å². The van der Waals surface area contributed by atoms with Gasteiger partial charge in [-0.1, -0.05) is 36.4 Å². The zero-order chi connectivity index (χ0) is 15.1. The molecule has 0 atom stereocenters. The highest BCUT2D eigenvalue weighted by Gasteiger charge is 2.08. The van der Waals surface area contributed by atoms with Crippen molar-refractivity contribution in [3.8, 4) is 0 Å². The maximum atomic E-state index is 3.43. The summed E-state index contributed by atoms with van der Waals surface area (Å²) in [5.74, 6) is 0. The molecule has 4 aromatic rings. The molecule has 2 N–H and O–H groups in total. The minimum absolute atomic E-state index is 1.06. The van der Waals surface area contributed by atoms with Crippen LogP contribution in [0.5, 0.6) is 0 Å². The lowest BCUT2D eigenvalue weighted by molar-refractivity contribution is 0.976. The molecule has 0 saturated heterocycles. The molecule has 0 spiro atoms. The van der Waals surface area contributed by atoms with Crippen LogP contribution in [-0.4, -0.2) is 9.97 Å². The minimum Gasteiger partial charge on any atom is -0.361 e. The van der Waals surface area contributed by atoms with E-state index in [1.165, 1.54) is 44.1 Å². The number of aromatic amines is 2. The quantitative estimate of drug-likeness (QED) is 0.528. The van der Waals surface area contributed by atoms with Crippen LogP contribution in [0.1, 0.15) is 22.3 Å². The molecule has 22 heavy (non-hydrogen) atoms. The first-order chi connectivity index (χ1) is 10.7. The number of rotatable bonds is 3. The van der Waals surface area contributed by atoms with Gasteiger partial charge in [0.1, 0.15) is 0 Å². The fraction of sp³-hybridized carbons (Fsp3) is 0.200. The summed E-state index contributed by atoms with van der Waals surface area (Å²) in [4.78, 5) is 6.85. The van der Waals surface area contributed by atoms with E-state index in [1.54, 1.807) is 0 Å². The van der Waals surface area contributed by atoms with E-state index in [9.17, 15) is 0 Å². The molecule has 2 nitrogen and oxygen atoms in total. The Labute approximate surface area is 130 Å². The van der Waals surface area contributed by atoms with E-state index in [0.29, 0.717) is 0 Å². The molecule has 0 amide bonds. The topological polar surface area (TPSA) is 31.6 Å². The van der Waals surface area contributed by atoms with Gasteiger partial charge in [-0.15, -0.1) is 0 Å². The van der Waals surface area contributed by atoms with Crippen LogP contribution in [0.4, 0.5) is 0 Å². The molecule has 0 aliphatic carbocycles. The van der Waals surface area contributed by atoms with Gasteiger partial charge in [-0.2, -0.15) is 0 Å². The molecule has 0 bridgehead atoms. The lowest BCUT2D eigenvalue weighted by atomic mass is 10.0. The smallest absolute Gasteiger partial charge is 0.0486 e. The van der Waals surface area contributed by atoms with Crippen LogP contribution in [0.25, 0.3) is 21.8 Å². The maximum absolute atomic E-state index is 3.43. The van der Waals surface area contributed by atoms with Gasteiger partial charge < -0.3 is 9.97 Å². The third kappa shape index (κ3) is 2.03. The third-order valence-corrected chi connectivity index (χ3v) is 4.68. The second-order valence-corrected chi connectivity index (χ2v) is 6.12. The number of benzene rings is 2. The van der Waals surface area contributed by atoms with Crippen molar-refractivity contribution in [2.45, 2.75) is 26.7 Å². The summed E-state index contributed by atoms with van der Waals surface area (Å²) in [5, 5.41) is 2.71. The minimum atomic E-state index is 1.06. The Morgan fingerprint density at radius 3 is 1.59 bits per heavy atom. The molecule has 0 radical (unpaired) electrons. The van der Waals surface area contributed by atoms with Crippen molar-refractivity contribution < 1.29 is 0 Å². The van der Waals surface area contributed by atoms with E-state index in [0.717, 1.165) is 12.8 Å². The standard InChI is InChI=1S/C20H20N2/c1-13-5-3-7-17-15(11-21-19(13)17)9-10-16-12-22-20-14(2)6-4-8-18(16)20/h3-8,11-12,21-22H,9-10H2,1-2H3. The summed E-state index contributed by atoms with van der Waals surface area (Å²) in [5.41, 5.74) is 7.97. The van der Waals surface area contributed by atoms with Gasteiger partial charge >= 0.3 is 0 Å². The van der Waals surface area contributed by atoms with Gasteiger partial charge in [-0.25, -0.2) is 0 Å². The molecule has 2 aromatic heterocycles. The van der Waals surface area contributed by atoms with Crippen molar-refractivity contribution in [2.75, 3.05) is 0 Å². The number of nitrogens with one attached hydrogen (secondary N) is 2. The molecule has 0 saturated carbocycles. The van der Waals surface area contributed by atoms with Crippen molar-refractivity contribution in [1.29, 1.82) is 0 Å². The summed E-state index contributed by atoms with van der Waals surface area (Å²) in [7, 11) is 0. The zero-order valence-corrected chi connectivity index (χ0v) is 13.0. The lowest BCUT2D eigenvalue weighted by Gasteiger charge is -2.01. The zero-order valence-electron chi connectivity index (χ0n) is 13.0. The van der Waals surface area contributed by atoms with Crippen LogP contribution in [0.2, 0.25) is 0 Å². The first-order valence-corrected chi connectivity index (χ1v) is 7.85. The van der Waals surface area contributed by atoms with Gasteiger partial charge in [0.25, 0.3) is 0 Å². The van der Waals surface area contributed by atoms with E-state index < -0.39 is 0 Å². The van der Waals surface area contributed by atoms with Crippen molar-refractivity contribution in [1.82, 2.24) is 9.97 Å². The number of aromatic nitrogens is 2. The highest BCUT2D eigenvalue weighted by Crippen LogP contribution is 2.25. The number of H-pyrrole nitrogens is 2. The number of hydrogen-bond acceptors (Lipinski definition) is 0. The molecule has 2 aromatic carbocycles. The number of hydrogen-bond donors (Lipinski definition) is 2. The van der Waals surface area contributed by atoms with Crippen LogP contribution >= 0.6 is 0 Å². The number of para-hydroxylation sites is 2. The average molecular weight is 288 g/mol. The SMILES string of the molecule is Cc1cccc2c(CCc3c[nH]c4c(C)cccc34)c[nH]c12. The largest absolute Gasteiger partial charge is 0.361 e. The Hall–Kier alpha value is -2.48. The van der Waals surface area contributed by atoms with Gasteiger partial charge in [0.15, 0.2) is 0 Å². The van der Waals surface area contributed by atoms with Crippen molar-refractivity contribution >= 4 is 21.8 Å². The second kappa shape index (κ2) is 5.06. The molecule has 2 heteroatoms. The van der Waals surface area contributed by atoms with Crippen molar-refractivity contribution in [3.05, 3.63) is 71.0 Å². The summed E-state index contributed by atoms with van der Waals surface area (Å²) in [6.07, 6.45) is 6.45. The normalized spacial score (nSPS) is 11.5. The van der Waals surface area contributed by atoms with Crippen LogP contribution in [0.15, 0.2) is 48.8 Å². The summed E-state index contributed by atoms with van der Waals surface area (Å²) in [6, 6.07) is 13.0. The number of fused-ring (bicyclic) bond motifs is 2. The van der Waals surface area contributed by atoms with Crippen molar-refractivity contribution in [2.24, 2.45) is 0 Å². The fourth-order valence-electron chi connectivity index (χ4n) is 3.41. The molecule has 0 aliphatic rings. The van der Waals surface area contributed by atoms with Crippen LogP contribution < -0.4 is 0 Å². The summed E-state index contributed by atoms with van der Waals surface area (Å²) in [6.45, 7) is 4.32. The Morgan fingerprint density at radius 2 is 1.14 bits per heavy atom. The Morgan fingerprint density at radius 1 is 0.682 bits per heavy atom. The second-order valence-electron chi connectivity index (χ2n) is 6.12. The Balaban J connectivity index is 1.66. The maximum Gasteiger partial charge on any atom is 0.0486 e. The summed E-state index contributed by atoms with van der Waals surface area (Å²) < 4.78 is 0.